The van der Waals surface area contributed by atoms with Crippen molar-refractivity contribution in [1.82, 2.24) is 4.90 Å². The molecule has 3 heteroatoms. The number of methoxy groups -OCH3 is 1. The molecule has 3 rings (SSSR count). The molecule has 1 aliphatic heterocycles. The number of piperidine rings is 1. The van der Waals surface area contributed by atoms with Gasteiger partial charge in [-0.15, -0.1) is 0 Å². The van der Waals surface area contributed by atoms with E-state index in [0.717, 1.165) is 24.2 Å². The Hall–Kier alpha value is -1.58. The summed E-state index contributed by atoms with van der Waals surface area (Å²) in [5.74, 6) is 1.59. The van der Waals surface area contributed by atoms with E-state index in [1.807, 2.05) is 0 Å². The van der Waals surface area contributed by atoms with Crippen molar-refractivity contribution >= 4 is 0 Å². The number of hydrogen-bond acceptors (Lipinski definition) is 3. The van der Waals surface area contributed by atoms with Gasteiger partial charge in [-0.05, 0) is 106 Å². The molecular formula is C30H47NO2. The average Bonchev–Trinajstić information content (AvgIpc) is 2.81. The van der Waals surface area contributed by atoms with Crippen LogP contribution in [-0.2, 0) is 5.41 Å². The monoisotopic (exact) mass is 453 g/mol. The highest BCUT2D eigenvalue weighted by atomic mass is 16.5. The van der Waals surface area contributed by atoms with Crippen LogP contribution in [0.3, 0.4) is 0 Å². The number of aliphatic hydroxyl groups is 1. The molecule has 0 spiro atoms. The lowest BCUT2D eigenvalue weighted by molar-refractivity contribution is 0.222. The van der Waals surface area contributed by atoms with Crippen LogP contribution in [0.4, 0.5) is 0 Å². The third-order valence-corrected chi connectivity index (χ3v) is 8.12. The second-order valence-electron chi connectivity index (χ2n) is 11.2. The predicted molar refractivity (Wildman–Crippen MR) is 140 cm³/mol. The molecule has 1 saturated heterocycles. The molecular weight excluding hydrogens is 406 g/mol. The Morgan fingerprint density at radius 1 is 1.18 bits per heavy atom. The Morgan fingerprint density at radius 2 is 1.91 bits per heavy atom. The number of nitrogens with zero attached hydrogens (tertiary/aromatic N) is 1. The first-order valence-electron chi connectivity index (χ1n) is 13.1. The van der Waals surface area contributed by atoms with Gasteiger partial charge in [-0.2, -0.15) is 0 Å². The van der Waals surface area contributed by atoms with Gasteiger partial charge in [0.2, 0.25) is 0 Å². The summed E-state index contributed by atoms with van der Waals surface area (Å²) in [5, 5.41) is 9.79. The molecule has 1 N–H and O–H groups in total. The zero-order valence-corrected chi connectivity index (χ0v) is 21.9. The van der Waals surface area contributed by atoms with Crippen LogP contribution in [0.15, 0.2) is 35.9 Å². The third kappa shape index (κ3) is 6.51. The lowest BCUT2D eigenvalue weighted by Crippen LogP contribution is -2.30. The van der Waals surface area contributed by atoms with Crippen molar-refractivity contribution in [2.45, 2.75) is 90.4 Å². The highest BCUT2D eigenvalue weighted by molar-refractivity contribution is 5.50. The molecule has 184 valence electrons. The minimum Gasteiger partial charge on any atom is -0.496 e. The Balaban J connectivity index is 1.77. The maximum Gasteiger partial charge on any atom is 0.123 e. The standard InChI is InChI=1S/C30H47NO2/c1-22(2)26-13-12-24(21-32)19-27(26)29-23(3)18-25(20-28(29)33-6)30(4,5)14-8-11-17-31-15-9-7-10-16-31/h18-20,26-27,32H,1,7-17,21H2,2-6H3/t26-,27+/m1/s1. The third-order valence-electron chi connectivity index (χ3n) is 8.12. The van der Waals surface area contributed by atoms with Crippen molar-refractivity contribution in [3.8, 4) is 5.75 Å². The van der Waals surface area contributed by atoms with Crippen LogP contribution in [0.1, 0.15) is 94.7 Å². The van der Waals surface area contributed by atoms with Crippen LogP contribution >= 0.6 is 0 Å². The predicted octanol–water partition coefficient (Wildman–Crippen LogP) is 6.93. The number of likely N-dealkylation sites (tertiary alicyclic amines) is 1. The van der Waals surface area contributed by atoms with Crippen molar-refractivity contribution in [2.75, 3.05) is 33.4 Å². The Bertz CT molecular complexity index is 832. The van der Waals surface area contributed by atoms with Crippen LogP contribution in [0.5, 0.6) is 5.75 Å². The van der Waals surface area contributed by atoms with Crippen molar-refractivity contribution in [3.05, 3.63) is 52.6 Å². The number of rotatable bonds is 10. The maximum absolute atomic E-state index is 9.79. The number of hydrogen-bond donors (Lipinski definition) is 1. The zero-order chi connectivity index (χ0) is 24.0. The van der Waals surface area contributed by atoms with Gasteiger partial charge < -0.3 is 14.7 Å². The molecule has 1 heterocycles. The topological polar surface area (TPSA) is 32.7 Å². The molecule has 1 aromatic carbocycles. The average molecular weight is 454 g/mol. The molecule has 0 bridgehead atoms. The molecule has 0 saturated carbocycles. The molecule has 33 heavy (non-hydrogen) atoms. The Kier molecular flexibility index (Phi) is 9.24. The van der Waals surface area contributed by atoms with Crippen LogP contribution in [0, 0.1) is 12.8 Å². The van der Waals surface area contributed by atoms with Crippen LogP contribution < -0.4 is 4.74 Å². The van der Waals surface area contributed by atoms with Gasteiger partial charge in [-0.1, -0.05) is 51.0 Å². The highest BCUT2D eigenvalue weighted by Gasteiger charge is 2.31. The molecule has 1 aromatic rings. The summed E-state index contributed by atoms with van der Waals surface area (Å²) in [5.41, 5.74) is 6.39. The molecule has 2 aliphatic rings. The number of aryl methyl sites for hydroxylation is 1. The highest BCUT2D eigenvalue weighted by Crippen LogP contribution is 2.46. The summed E-state index contributed by atoms with van der Waals surface area (Å²) < 4.78 is 5.99. The molecule has 3 nitrogen and oxygen atoms in total. The number of benzene rings is 1. The zero-order valence-electron chi connectivity index (χ0n) is 21.9. The van der Waals surface area contributed by atoms with Gasteiger partial charge in [0.15, 0.2) is 0 Å². The van der Waals surface area contributed by atoms with Crippen molar-refractivity contribution in [3.63, 3.8) is 0 Å². The van der Waals surface area contributed by atoms with Gasteiger partial charge >= 0.3 is 0 Å². The van der Waals surface area contributed by atoms with Crippen LogP contribution in [0.25, 0.3) is 0 Å². The fourth-order valence-electron chi connectivity index (χ4n) is 5.93. The summed E-state index contributed by atoms with van der Waals surface area (Å²) in [6.07, 6.45) is 12.2. The summed E-state index contributed by atoms with van der Waals surface area (Å²) >= 11 is 0. The summed E-state index contributed by atoms with van der Waals surface area (Å²) in [6.45, 7) is 17.4. The van der Waals surface area contributed by atoms with Gasteiger partial charge in [0, 0.05) is 11.5 Å². The first-order chi connectivity index (χ1) is 15.8. The van der Waals surface area contributed by atoms with E-state index >= 15 is 0 Å². The largest absolute Gasteiger partial charge is 0.496 e. The fourth-order valence-corrected chi connectivity index (χ4v) is 5.93. The van der Waals surface area contributed by atoms with Crippen molar-refractivity contribution in [1.29, 1.82) is 0 Å². The second kappa shape index (κ2) is 11.7. The van der Waals surface area contributed by atoms with E-state index < -0.39 is 0 Å². The van der Waals surface area contributed by atoms with Crippen LogP contribution in [-0.4, -0.2) is 43.4 Å². The lowest BCUT2D eigenvalue weighted by Gasteiger charge is -2.34. The molecule has 1 aliphatic carbocycles. The number of ether oxygens (including phenoxy) is 1. The van der Waals surface area contributed by atoms with Crippen molar-refractivity contribution < 1.29 is 9.84 Å². The lowest BCUT2D eigenvalue weighted by atomic mass is 9.71. The van der Waals surface area contributed by atoms with E-state index in [1.165, 1.54) is 80.4 Å². The van der Waals surface area contributed by atoms with Crippen molar-refractivity contribution in [2.24, 2.45) is 5.92 Å². The van der Waals surface area contributed by atoms with E-state index in [2.05, 4.69) is 57.4 Å². The molecule has 0 radical (unpaired) electrons. The van der Waals surface area contributed by atoms with Crippen LogP contribution in [0.2, 0.25) is 0 Å². The van der Waals surface area contributed by atoms with E-state index in [1.54, 1.807) is 7.11 Å². The summed E-state index contributed by atoms with van der Waals surface area (Å²) in [7, 11) is 1.79. The van der Waals surface area contributed by atoms with E-state index in [-0.39, 0.29) is 17.9 Å². The van der Waals surface area contributed by atoms with Gasteiger partial charge in [-0.3, -0.25) is 0 Å². The number of aliphatic hydroxyl groups excluding tert-OH is 1. The minimum absolute atomic E-state index is 0.116. The summed E-state index contributed by atoms with van der Waals surface area (Å²) in [6, 6.07) is 4.67. The van der Waals surface area contributed by atoms with Gasteiger partial charge in [0.1, 0.15) is 5.75 Å². The quantitative estimate of drug-likeness (QED) is 0.308. The van der Waals surface area contributed by atoms with Gasteiger partial charge in [0.05, 0.1) is 13.7 Å². The minimum atomic E-state index is 0.116. The van der Waals surface area contributed by atoms with Gasteiger partial charge in [-0.25, -0.2) is 0 Å². The van der Waals surface area contributed by atoms with E-state index in [4.69, 9.17) is 4.74 Å². The van der Waals surface area contributed by atoms with E-state index in [0.29, 0.717) is 5.92 Å². The summed E-state index contributed by atoms with van der Waals surface area (Å²) in [4.78, 5) is 2.65. The molecule has 0 aromatic heterocycles. The number of allylic oxidation sites excluding steroid dienone is 2. The maximum atomic E-state index is 9.79. The number of unbranched alkanes of at least 4 members (excludes halogenated alkanes) is 1. The fraction of sp³-hybridized carbons (Fsp3) is 0.667. The molecule has 0 unspecified atom stereocenters. The van der Waals surface area contributed by atoms with Gasteiger partial charge in [0.25, 0.3) is 0 Å². The Morgan fingerprint density at radius 3 is 2.55 bits per heavy atom. The normalized spacial score (nSPS) is 22.2. The molecule has 1 fully saturated rings. The smallest absolute Gasteiger partial charge is 0.123 e. The first-order valence-corrected chi connectivity index (χ1v) is 13.1. The first kappa shape index (κ1) is 26.0. The molecule has 2 atom stereocenters. The second-order valence-corrected chi connectivity index (χ2v) is 11.2. The SMILES string of the molecule is C=C(C)[C@H]1CCC(CO)=C[C@@H]1c1c(C)cc(C(C)(C)CCCCN2CCCCC2)cc1OC. The van der Waals surface area contributed by atoms with E-state index in [9.17, 15) is 5.11 Å². The molecule has 0 amide bonds. The Labute approximate surface area is 202 Å².